The molecule has 0 aliphatic heterocycles. The van der Waals surface area contributed by atoms with E-state index in [0.29, 0.717) is 5.56 Å². The minimum Gasteiger partial charge on any atom is -0.493 e. The topological polar surface area (TPSA) is 65.4 Å². The molecule has 1 N–H and O–H groups in total. The number of rotatable bonds is 8. The number of anilines is 1. The Morgan fingerprint density at radius 2 is 2.03 bits per heavy atom. The molecule has 6 nitrogen and oxygen atoms in total. The predicted octanol–water partition coefficient (Wildman–Crippen LogP) is 4.78. The first-order chi connectivity index (χ1) is 15.3. The molecule has 1 aromatic heterocycles. The van der Waals surface area contributed by atoms with E-state index in [-0.39, 0.29) is 35.0 Å². The monoisotopic (exact) mass is 449 g/mol. The number of nitrogens with zero attached hydrogens (tertiary/aromatic N) is 2. The maximum absolute atomic E-state index is 14.0. The summed E-state index contributed by atoms with van der Waals surface area (Å²) in [6.45, 7) is -1.51. The highest BCUT2D eigenvalue weighted by Gasteiger charge is 2.15. The molecular weight excluding hydrogens is 430 g/mol. The Morgan fingerprint density at radius 1 is 1.25 bits per heavy atom. The predicted molar refractivity (Wildman–Crippen MR) is 110 cm³/mol. The quantitative estimate of drug-likeness (QED) is 0.397. The third kappa shape index (κ3) is 5.45. The lowest BCUT2D eigenvalue weighted by Crippen LogP contribution is -2.15. The van der Waals surface area contributed by atoms with Gasteiger partial charge in [0.15, 0.2) is 11.5 Å². The van der Waals surface area contributed by atoms with Crippen molar-refractivity contribution in [3.05, 3.63) is 77.0 Å². The number of carbonyl (C=O) groups excluding carboxylic acids is 1. The molecule has 0 aliphatic carbocycles. The van der Waals surface area contributed by atoms with Crippen molar-refractivity contribution in [2.45, 2.75) is 20.1 Å². The average molecular weight is 449 g/mol. The summed E-state index contributed by atoms with van der Waals surface area (Å²) in [5.74, 6) is -1.66. The first-order valence-corrected chi connectivity index (χ1v) is 9.35. The van der Waals surface area contributed by atoms with Crippen molar-refractivity contribution < 1.29 is 31.8 Å². The number of hydrogen-bond acceptors (Lipinski definition) is 4. The van der Waals surface area contributed by atoms with Crippen LogP contribution < -0.4 is 14.8 Å². The van der Waals surface area contributed by atoms with Gasteiger partial charge in [-0.1, -0.05) is 12.1 Å². The van der Waals surface area contributed by atoms with Crippen molar-refractivity contribution in [1.29, 1.82) is 0 Å². The van der Waals surface area contributed by atoms with E-state index in [4.69, 9.17) is 4.74 Å². The number of methoxy groups -OCH3 is 1. The number of ether oxygens (including phenoxy) is 2. The fraction of sp³-hybridized carbons (Fsp3) is 0.182. The molecule has 3 rings (SSSR count). The molecule has 2 aromatic carbocycles. The van der Waals surface area contributed by atoms with Crippen LogP contribution in [0.2, 0.25) is 0 Å². The number of amides is 1. The molecule has 0 aliphatic rings. The summed E-state index contributed by atoms with van der Waals surface area (Å²) in [6.07, 6.45) is 3.87. The van der Waals surface area contributed by atoms with E-state index < -0.39 is 24.2 Å². The summed E-state index contributed by atoms with van der Waals surface area (Å²) >= 11 is 0. The highest BCUT2D eigenvalue weighted by atomic mass is 19.3. The van der Waals surface area contributed by atoms with Gasteiger partial charge in [0.25, 0.3) is 0 Å². The standard InChI is InChI=1S/C22H19F4N3O3/c1-13-11-27-29(12-15-10-16(23)7-8-17(15)24)21(13)28-19(30)9-6-14-4-3-5-18(31-2)20(14)32-22(25)26/h3-11,22H,12H2,1-2H3,(H,28,30)/b9-6+. The van der Waals surface area contributed by atoms with Gasteiger partial charge in [-0.15, -0.1) is 0 Å². The Morgan fingerprint density at radius 3 is 2.75 bits per heavy atom. The number of halogens is 4. The number of aryl methyl sites for hydroxylation is 1. The zero-order chi connectivity index (χ0) is 23.3. The molecule has 10 heteroatoms. The molecule has 0 saturated heterocycles. The maximum Gasteiger partial charge on any atom is 0.387 e. The summed E-state index contributed by atoms with van der Waals surface area (Å²) in [5.41, 5.74) is 0.850. The number of carbonyl (C=O) groups is 1. The van der Waals surface area contributed by atoms with Gasteiger partial charge in [0.05, 0.1) is 19.9 Å². The number of aromatic nitrogens is 2. The lowest BCUT2D eigenvalue weighted by Gasteiger charge is -2.12. The minimum atomic E-state index is -3.08. The molecule has 168 valence electrons. The number of nitrogens with one attached hydrogen (secondary N) is 1. The van der Waals surface area contributed by atoms with Crippen LogP contribution in [0, 0.1) is 18.6 Å². The SMILES string of the molecule is COc1cccc(/C=C/C(=O)Nc2c(C)cnn2Cc2cc(F)ccc2F)c1OC(F)F. The Balaban J connectivity index is 1.80. The van der Waals surface area contributed by atoms with Crippen LogP contribution in [0.4, 0.5) is 23.4 Å². The molecule has 1 amide bonds. The minimum absolute atomic E-state index is 0.0595. The van der Waals surface area contributed by atoms with E-state index in [2.05, 4.69) is 15.2 Å². The first-order valence-electron chi connectivity index (χ1n) is 9.35. The summed E-state index contributed by atoms with van der Waals surface area (Å²) in [4.78, 5) is 12.5. The number of alkyl halides is 2. The third-order valence-corrected chi connectivity index (χ3v) is 4.44. The van der Waals surface area contributed by atoms with Crippen LogP contribution in [-0.2, 0) is 11.3 Å². The van der Waals surface area contributed by atoms with Gasteiger partial charge in [-0.05, 0) is 37.3 Å². The van der Waals surface area contributed by atoms with Crippen molar-refractivity contribution in [3.8, 4) is 11.5 Å². The van der Waals surface area contributed by atoms with Gasteiger partial charge in [-0.25, -0.2) is 13.5 Å². The van der Waals surface area contributed by atoms with Gasteiger partial charge in [0, 0.05) is 22.8 Å². The number of benzene rings is 2. The van der Waals surface area contributed by atoms with Crippen molar-refractivity contribution in [2.75, 3.05) is 12.4 Å². The zero-order valence-electron chi connectivity index (χ0n) is 17.1. The molecular formula is C22H19F4N3O3. The fourth-order valence-corrected chi connectivity index (χ4v) is 2.95. The second-order valence-corrected chi connectivity index (χ2v) is 6.65. The van der Waals surface area contributed by atoms with Gasteiger partial charge in [-0.3, -0.25) is 4.79 Å². The average Bonchev–Trinajstić information content (AvgIpc) is 3.08. The highest BCUT2D eigenvalue weighted by molar-refractivity contribution is 6.02. The zero-order valence-corrected chi connectivity index (χ0v) is 17.1. The largest absolute Gasteiger partial charge is 0.493 e. The maximum atomic E-state index is 14.0. The van der Waals surface area contributed by atoms with Crippen LogP contribution in [0.5, 0.6) is 11.5 Å². The molecule has 0 atom stereocenters. The van der Waals surface area contributed by atoms with Gasteiger partial charge in [-0.2, -0.15) is 13.9 Å². The van der Waals surface area contributed by atoms with Gasteiger partial charge in [0.2, 0.25) is 5.91 Å². The summed E-state index contributed by atoms with van der Waals surface area (Å²) in [6, 6.07) is 7.54. The molecule has 1 heterocycles. The van der Waals surface area contributed by atoms with Gasteiger partial charge < -0.3 is 14.8 Å². The normalized spacial score (nSPS) is 11.2. The van der Waals surface area contributed by atoms with E-state index in [9.17, 15) is 22.4 Å². The summed E-state index contributed by atoms with van der Waals surface area (Å²) in [7, 11) is 1.30. The van der Waals surface area contributed by atoms with Crippen LogP contribution in [0.1, 0.15) is 16.7 Å². The van der Waals surface area contributed by atoms with E-state index >= 15 is 0 Å². The molecule has 0 saturated carbocycles. The fourth-order valence-electron chi connectivity index (χ4n) is 2.95. The van der Waals surface area contributed by atoms with Gasteiger partial charge >= 0.3 is 6.61 Å². The second-order valence-electron chi connectivity index (χ2n) is 6.65. The number of hydrogen-bond donors (Lipinski definition) is 1. The van der Waals surface area contributed by atoms with E-state index in [0.717, 1.165) is 24.3 Å². The highest BCUT2D eigenvalue weighted by Crippen LogP contribution is 2.33. The number of para-hydroxylation sites is 1. The molecule has 0 radical (unpaired) electrons. The molecule has 3 aromatic rings. The molecule has 0 spiro atoms. The van der Waals surface area contributed by atoms with Crippen LogP contribution in [0.15, 0.2) is 48.7 Å². The second kappa shape index (κ2) is 9.99. The lowest BCUT2D eigenvalue weighted by molar-refractivity contribution is -0.111. The van der Waals surface area contributed by atoms with E-state index in [1.807, 2.05) is 0 Å². The molecule has 0 fully saturated rings. The smallest absolute Gasteiger partial charge is 0.387 e. The van der Waals surface area contributed by atoms with Crippen molar-refractivity contribution >= 4 is 17.8 Å². The summed E-state index contributed by atoms with van der Waals surface area (Å²) < 4.78 is 63.8. The van der Waals surface area contributed by atoms with Crippen molar-refractivity contribution in [2.24, 2.45) is 0 Å². The Labute approximate surface area is 181 Å². The third-order valence-electron chi connectivity index (χ3n) is 4.44. The van der Waals surface area contributed by atoms with E-state index in [1.54, 1.807) is 13.0 Å². The molecule has 32 heavy (non-hydrogen) atoms. The van der Waals surface area contributed by atoms with Crippen LogP contribution in [0.25, 0.3) is 6.08 Å². The molecule has 0 unspecified atom stereocenters. The van der Waals surface area contributed by atoms with Gasteiger partial charge in [0.1, 0.15) is 17.5 Å². The lowest BCUT2D eigenvalue weighted by atomic mass is 10.1. The Kier molecular flexibility index (Phi) is 7.14. The van der Waals surface area contributed by atoms with Crippen molar-refractivity contribution in [1.82, 2.24) is 9.78 Å². The van der Waals surface area contributed by atoms with E-state index in [1.165, 1.54) is 36.2 Å². The first kappa shape index (κ1) is 22.9. The Hall–Kier alpha value is -3.82. The van der Waals surface area contributed by atoms with Crippen molar-refractivity contribution in [3.63, 3.8) is 0 Å². The van der Waals surface area contributed by atoms with Crippen LogP contribution in [0.3, 0.4) is 0 Å². The summed E-state index contributed by atoms with van der Waals surface area (Å²) in [5, 5.41) is 6.70. The molecule has 0 bridgehead atoms. The van der Waals surface area contributed by atoms with Crippen LogP contribution in [-0.4, -0.2) is 29.4 Å². The van der Waals surface area contributed by atoms with Crippen LogP contribution >= 0.6 is 0 Å². The Bertz CT molecular complexity index is 1150.